The lowest BCUT2D eigenvalue weighted by atomic mass is 9.86. The van der Waals surface area contributed by atoms with E-state index in [1.165, 1.54) is 25.8 Å². The van der Waals surface area contributed by atoms with Gasteiger partial charge in [-0.05, 0) is 38.8 Å². The van der Waals surface area contributed by atoms with Gasteiger partial charge < -0.3 is 4.90 Å². The number of rotatable bonds is 2. The van der Waals surface area contributed by atoms with Crippen LogP contribution < -0.4 is 0 Å². The Kier molecular flexibility index (Phi) is 3.55. The van der Waals surface area contributed by atoms with E-state index >= 15 is 0 Å². The Balaban J connectivity index is 2.52. The molecule has 0 aromatic rings. The van der Waals surface area contributed by atoms with Crippen molar-refractivity contribution in [3.8, 4) is 6.07 Å². The van der Waals surface area contributed by atoms with Crippen molar-refractivity contribution in [3.05, 3.63) is 0 Å². The molecule has 1 saturated heterocycles. The third-order valence-corrected chi connectivity index (χ3v) is 2.97. The zero-order valence-corrected chi connectivity index (χ0v) is 8.08. The molecule has 0 spiro atoms. The van der Waals surface area contributed by atoms with E-state index < -0.39 is 0 Å². The van der Waals surface area contributed by atoms with E-state index in [0.29, 0.717) is 12.0 Å². The molecule has 0 aromatic heterocycles. The van der Waals surface area contributed by atoms with Crippen LogP contribution in [0.15, 0.2) is 0 Å². The lowest BCUT2D eigenvalue weighted by molar-refractivity contribution is 0.119. The summed E-state index contributed by atoms with van der Waals surface area (Å²) in [5.41, 5.74) is 0. The molecule has 1 aliphatic rings. The molecule has 2 nitrogen and oxygen atoms in total. The predicted molar refractivity (Wildman–Crippen MR) is 49.7 cm³/mol. The Bertz CT molecular complexity index is 171. The molecule has 68 valence electrons. The van der Waals surface area contributed by atoms with E-state index in [1.807, 2.05) is 0 Å². The maximum absolute atomic E-state index is 8.65. The van der Waals surface area contributed by atoms with Crippen LogP contribution in [0, 0.1) is 17.2 Å². The van der Waals surface area contributed by atoms with E-state index in [1.54, 1.807) is 0 Å². The normalized spacial score (nSPS) is 31.4. The van der Waals surface area contributed by atoms with E-state index in [-0.39, 0.29) is 0 Å². The molecule has 1 aliphatic heterocycles. The standard InChI is InChI=1S/C10H18N2/c1-3-10-9(6-7-11)5-4-8-12(10)2/h9-10H,3-6,8H2,1-2H3. The predicted octanol–water partition coefficient (Wildman–Crippen LogP) is 2.02. The first-order valence-electron chi connectivity index (χ1n) is 4.86. The third-order valence-electron chi connectivity index (χ3n) is 2.97. The van der Waals surface area contributed by atoms with Gasteiger partial charge >= 0.3 is 0 Å². The molecule has 0 aromatic carbocycles. The molecule has 2 heteroatoms. The number of nitrogens with zero attached hydrogens (tertiary/aromatic N) is 2. The fourth-order valence-corrected chi connectivity index (χ4v) is 2.32. The van der Waals surface area contributed by atoms with Crippen molar-refractivity contribution in [1.82, 2.24) is 4.90 Å². The van der Waals surface area contributed by atoms with Crippen molar-refractivity contribution in [2.45, 2.75) is 38.6 Å². The van der Waals surface area contributed by atoms with Gasteiger partial charge in [0.15, 0.2) is 0 Å². The summed E-state index contributed by atoms with van der Waals surface area (Å²) in [5.74, 6) is 0.624. The summed E-state index contributed by atoms with van der Waals surface area (Å²) in [4.78, 5) is 2.41. The van der Waals surface area contributed by atoms with Crippen LogP contribution in [0.4, 0.5) is 0 Å². The van der Waals surface area contributed by atoms with Crippen molar-refractivity contribution in [3.63, 3.8) is 0 Å². The largest absolute Gasteiger partial charge is 0.303 e. The summed E-state index contributed by atoms with van der Waals surface area (Å²) in [5, 5.41) is 8.65. The Morgan fingerprint density at radius 3 is 2.92 bits per heavy atom. The first-order valence-corrected chi connectivity index (χ1v) is 4.86. The summed E-state index contributed by atoms with van der Waals surface area (Å²) >= 11 is 0. The van der Waals surface area contributed by atoms with Crippen molar-refractivity contribution < 1.29 is 0 Å². The van der Waals surface area contributed by atoms with Gasteiger partial charge in [0.1, 0.15) is 0 Å². The maximum atomic E-state index is 8.65. The second-order valence-corrected chi connectivity index (χ2v) is 3.72. The third kappa shape index (κ3) is 1.98. The lowest BCUT2D eigenvalue weighted by Crippen LogP contribution is -2.42. The monoisotopic (exact) mass is 166 g/mol. The smallest absolute Gasteiger partial charge is 0.0625 e. The van der Waals surface area contributed by atoms with Gasteiger partial charge in [-0.25, -0.2) is 0 Å². The van der Waals surface area contributed by atoms with Gasteiger partial charge in [-0.2, -0.15) is 5.26 Å². The van der Waals surface area contributed by atoms with Gasteiger partial charge in [-0.1, -0.05) is 6.92 Å². The second kappa shape index (κ2) is 4.47. The van der Waals surface area contributed by atoms with Gasteiger partial charge in [-0.15, -0.1) is 0 Å². The molecule has 2 atom stereocenters. The zero-order chi connectivity index (χ0) is 8.97. The van der Waals surface area contributed by atoms with Gasteiger partial charge in [0.25, 0.3) is 0 Å². The molecular weight excluding hydrogens is 148 g/mol. The first-order chi connectivity index (χ1) is 5.79. The van der Waals surface area contributed by atoms with Crippen LogP contribution in [0.3, 0.4) is 0 Å². The highest BCUT2D eigenvalue weighted by Gasteiger charge is 2.26. The average Bonchev–Trinajstić information content (AvgIpc) is 2.05. The van der Waals surface area contributed by atoms with Crippen LogP contribution in [0.2, 0.25) is 0 Å². The number of likely N-dealkylation sites (tertiary alicyclic amines) is 1. The topological polar surface area (TPSA) is 27.0 Å². The molecule has 0 aliphatic carbocycles. The Hall–Kier alpha value is -0.550. The number of piperidine rings is 1. The van der Waals surface area contributed by atoms with Gasteiger partial charge in [0, 0.05) is 12.5 Å². The number of hydrogen-bond donors (Lipinski definition) is 0. The lowest BCUT2D eigenvalue weighted by Gasteiger charge is -2.37. The summed E-state index contributed by atoms with van der Waals surface area (Å²) in [6.07, 6.45) is 4.43. The van der Waals surface area contributed by atoms with Crippen LogP contribution in [0.1, 0.15) is 32.6 Å². The number of hydrogen-bond acceptors (Lipinski definition) is 2. The molecule has 0 radical (unpaired) electrons. The highest BCUT2D eigenvalue weighted by Crippen LogP contribution is 2.26. The molecule has 0 bridgehead atoms. The van der Waals surface area contributed by atoms with Crippen molar-refractivity contribution in [2.75, 3.05) is 13.6 Å². The minimum atomic E-state index is 0.624. The van der Waals surface area contributed by atoms with Crippen LogP contribution >= 0.6 is 0 Å². The Morgan fingerprint density at radius 1 is 1.58 bits per heavy atom. The maximum Gasteiger partial charge on any atom is 0.0625 e. The van der Waals surface area contributed by atoms with Crippen LogP contribution in [-0.4, -0.2) is 24.5 Å². The molecule has 1 rings (SSSR count). The van der Waals surface area contributed by atoms with E-state index in [4.69, 9.17) is 5.26 Å². The molecule has 2 unspecified atom stereocenters. The van der Waals surface area contributed by atoms with Crippen molar-refractivity contribution in [1.29, 1.82) is 5.26 Å². The highest BCUT2D eigenvalue weighted by atomic mass is 15.1. The molecule has 0 saturated carbocycles. The van der Waals surface area contributed by atoms with Crippen LogP contribution in [-0.2, 0) is 0 Å². The molecule has 1 heterocycles. The van der Waals surface area contributed by atoms with Gasteiger partial charge in [0.05, 0.1) is 6.07 Å². The van der Waals surface area contributed by atoms with Gasteiger partial charge in [0.2, 0.25) is 0 Å². The molecular formula is C10H18N2. The minimum absolute atomic E-state index is 0.624. The fourth-order valence-electron chi connectivity index (χ4n) is 2.32. The zero-order valence-electron chi connectivity index (χ0n) is 8.08. The quantitative estimate of drug-likeness (QED) is 0.627. The molecule has 12 heavy (non-hydrogen) atoms. The number of nitriles is 1. The van der Waals surface area contributed by atoms with Crippen LogP contribution in [0.25, 0.3) is 0 Å². The van der Waals surface area contributed by atoms with Crippen molar-refractivity contribution >= 4 is 0 Å². The van der Waals surface area contributed by atoms with Crippen molar-refractivity contribution in [2.24, 2.45) is 5.92 Å². The van der Waals surface area contributed by atoms with Crippen LogP contribution in [0.5, 0.6) is 0 Å². The Morgan fingerprint density at radius 2 is 2.33 bits per heavy atom. The summed E-state index contributed by atoms with van der Waals surface area (Å²) < 4.78 is 0. The minimum Gasteiger partial charge on any atom is -0.303 e. The van der Waals surface area contributed by atoms with E-state index in [2.05, 4.69) is 24.9 Å². The fraction of sp³-hybridized carbons (Fsp3) is 0.900. The van der Waals surface area contributed by atoms with E-state index in [9.17, 15) is 0 Å². The molecule has 0 N–H and O–H groups in total. The SMILES string of the molecule is CCC1C(CC#N)CCCN1C. The first kappa shape index (κ1) is 9.54. The van der Waals surface area contributed by atoms with Gasteiger partial charge in [-0.3, -0.25) is 0 Å². The highest BCUT2D eigenvalue weighted by molar-refractivity contribution is 4.87. The second-order valence-electron chi connectivity index (χ2n) is 3.72. The summed E-state index contributed by atoms with van der Waals surface area (Å²) in [7, 11) is 2.18. The summed E-state index contributed by atoms with van der Waals surface area (Å²) in [6, 6.07) is 2.95. The molecule has 0 amide bonds. The van der Waals surface area contributed by atoms with E-state index in [0.717, 1.165) is 6.42 Å². The Labute approximate surface area is 75.2 Å². The average molecular weight is 166 g/mol. The summed E-state index contributed by atoms with van der Waals surface area (Å²) in [6.45, 7) is 3.43. The molecule has 1 fully saturated rings.